The molecule has 58 valence electrons. The summed E-state index contributed by atoms with van der Waals surface area (Å²) >= 11 is 4.76. The number of nitrogens with one attached hydrogen (secondary N) is 1. The summed E-state index contributed by atoms with van der Waals surface area (Å²) in [5, 5.41) is 3.37. The molecule has 0 unspecified atom stereocenters. The van der Waals surface area contributed by atoms with Gasteiger partial charge >= 0.3 is 0 Å². The molecule has 0 fully saturated rings. The molecular weight excluding hydrogens is 364 g/mol. The first-order chi connectivity index (χ1) is 5.27. The van der Waals surface area contributed by atoms with E-state index in [1.807, 2.05) is 0 Å². The summed E-state index contributed by atoms with van der Waals surface area (Å²) in [7, 11) is 0. The molecule has 1 heterocycles. The summed E-state index contributed by atoms with van der Waals surface area (Å²) in [6, 6.07) is 4.44. The molecule has 1 aliphatic rings. The lowest BCUT2D eigenvalue weighted by atomic mass is 10.2. The van der Waals surface area contributed by atoms with Gasteiger partial charge in [-0.3, -0.25) is 0 Å². The monoisotopic (exact) mass is 371 g/mol. The van der Waals surface area contributed by atoms with E-state index in [-0.39, 0.29) is 0 Å². The molecule has 11 heavy (non-hydrogen) atoms. The quantitative estimate of drug-likeness (QED) is 0.692. The summed E-state index contributed by atoms with van der Waals surface area (Å²) in [6.45, 7) is 1.10. The van der Waals surface area contributed by atoms with Gasteiger partial charge in [0.05, 0.1) is 0 Å². The van der Waals surface area contributed by atoms with Gasteiger partial charge in [-0.05, 0) is 69.3 Å². The van der Waals surface area contributed by atoms with E-state index in [4.69, 9.17) is 0 Å². The zero-order chi connectivity index (χ0) is 7.84. The second-order valence-electron chi connectivity index (χ2n) is 2.59. The van der Waals surface area contributed by atoms with Crippen LogP contribution >= 0.6 is 45.2 Å². The van der Waals surface area contributed by atoms with Gasteiger partial charge in [-0.15, -0.1) is 0 Å². The Morgan fingerprint density at radius 3 is 2.91 bits per heavy atom. The molecule has 2 rings (SSSR count). The molecule has 1 N–H and O–H groups in total. The fraction of sp³-hybridized carbons (Fsp3) is 0.250. The lowest BCUT2D eigenvalue weighted by Gasteiger charge is -2.02. The second-order valence-corrected chi connectivity index (χ2v) is 5.00. The van der Waals surface area contributed by atoms with Gasteiger partial charge in [-0.1, -0.05) is 0 Å². The normalized spacial score (nSPS) is 14.4. The Hall–Kier alpha value is 0.480. The van der Waals surface area contributed by atoms with Gasteiger partial charge in [0, 0.05) is 19.4 Å². The van der Waals surface area contributed by atoms with E-state index in [1.54, 1.807) is 0 Å². The molecule has 1 aromatic rings. The molecule has 0 radical (unpaired) electrons. The van der Waals surface area contributed by atoms with Crippen molar-refractivity contribution in [3.05, 3.63) is 24.8 Å². The number of hydrogen-bond donors (Lipinski definition) is 1. The standard InChI is InChI=1S/C8H7I2N/c9-5-3-7(10)6-1-2-11-8(6)4-5/h3-4,11H,1-2H2. The zero-order valence-electron chi connectivity index (χ0n) is 5.82. The number of anilines is 1. The van der Waals surface area contributed by atoms with E-state index >= 15 is 0 Å². The van der Waals surface area contributed by atoms with Crippen molar-refractivity contribution in [2.45, 2.75) is 6.42 Å². The summed E-state index contributed by atoms with van der Waals surface area (Å²) < 4.78 is 2.72. The molecule has 0 bridgehead atoms. The number of fused-ring (bicyclic) bond motifs is 1. The van der Waals surface area contributed by atoms with Gasteiger partial charge in [0.2, 0.25) is 0 Å². The van der Waals surface area contributed by atoms with E-state index in [0.717, 1.165) is 6.54 Å². The van der Waals surface area contributed by atoms with Crippen LogP contribution < -0.4 is 5.32 Å². The number of halogens is 2. The predicted octanol–water partition coefficient (Wildman–Crippen LogP) is 2.86. The third-order valence-electron chi connectivity index (χ3n) is 1.85. The highest BCUT2D eigenvalue weighted by Crippen LogP contribution is 2.28. The van der Waals surface area contributed by atoms with Gasteiger partial charge in [0.15, 0.2) is 0 Å². The maximum atomic E-state index is 3.37. The van der Waals surface area contributed by atoms with Crippen molar-refractivity contribution in [2.75, 3.05) is 11.9 Å². The van der Waals surface area contributed by atoms with Crippen LogP contribution in [0.25, 0.3) is 0 Å². The minimum absolute atomic E-state index is 1.10. The van der Waals surface area contributed by atoms with Gasteiger partial charge in [0.1, 0.15) is 0 Å². The number of benzene rings is 1. The summed E-state index contributed by atoms with van der Waals surface area (Å²) in [5.41, 5.74) is 2.83. The van der Waals surface area contributed by atoms with Crippen LogP contribution in [-0.4, -0.2) is 6.54 Å². The fourth-order valence-electron chi connectivity index (χ4n) is 1.34. The first kappa shape index (κ1) is 8.10. The lowest BCUT2D eigenvalue weighted by molar-refractivity contribution is 1.10. The Morgan fingerprint density at radius 2 is 2.09 bits per heavy atom. The van der Waals surface area contributed by atoms with E-state index in [0.29, 0.717) is 0 Å². The van der Waals surface area contributed by atoms with Crippen molar-refractivity contribution >= 4 is 50.9 Å². The van der Waals surface area contributed by atoms with Gasteiger partial charge in [-0.2, -0.15) is 0 Å². The maximum Gasteiger partial charge on any atom is 0.0394 e. The van der Waals surface area contributed by atoms with Crippen LogP contribution in [0.2, 0.25) is 0 Å². The van der Waals surface area contributed by atoms with E-state index in [2.05, 4.69) is 62.6 Å². The molecule has 0 spiro atoms. The molecule has 0 saturated heterocycles. The first-order valence-corrected chi connectivity index (χ1v) is 5.65. The van der Waals surface area contributed by atoms with Crippen molar-refractivity contribution < 1.29 is 0 Å². The summed E-state index contributed by atoms with van der Waals surface area (Å²) in [6.07, 6.45) is 1.19. The molecule has 3 heteroatoms. The molecule has 0 aliphatic carbocycles. The van der Waals surface area contributed by atoms with Crippen LogP contribution in [-0.2, 0) is 6.42 Å². The highest BCUT2D eigenvalue weighted by Gasteiger charge is 2.12. The van der Waals surface area contributed by atoms with Gasteiger partial charge in [0.25, 0.3) is 0 Å². The average Bonchev–Trinajstić information content (AvgIpc) is 2.34. The third-order valence-corrected chi connectivity index (χ3v) is 3.44. The molecule has 0 amide bonds. The van der Waals surface area contributed by atoms with Crippen molar-refractivity contribution in [1.82, 2.24) is 0 Å². The minimum atomic E-state index is 1.10. The van der Waals surface area contributed by atoms with Crippen LogP contribution in [0.1, 0.15) is 5.56 Å². The SMILES string of the molecule is Ic1cc(I)c2c(c1)NCC2. The Labute approximate surface area is 93.2 Å². The highest BCUT2D eigenvalue weighted by atomic mass is 127. The molecule has 1 aliphatic heterocycles. The molecule has 0 aromatic heterocycles. The van der Waals surface area contributed by atoms with Crippen LogP contribution in [0.3, 0.4) is 0 Å². The number of rotatable bonds is 0. The maximum absolute atomic E-state index is 3.37. The molecule has 0 saturated carbocycles. The van der Waals surface area contributed by atoms with Crippen LogP contribution in [0.4, 0.5) is 5.69 Å². The topological polar surface area (TPSA) is 12.0 Å². The summed E-state index contributed by atoms with van der Waals surface area (Å²) in [5.74, 6) is 0. The van der Waals surface area contributed by atoms with E-state index in [1.165, 1.54) is 24.8 Å². The molecular formula is C8H7I2N. The first-order valence-electron chi connectivity index (χ1n) is 3.49. The zero-order valence-corrected chi connectivity index (χ0v) is 10.1. The Balaban J connectivity index is 2.60. The number of hydrogen-bond acceptors (Lipinski definition) is 1. The average molecular weight is 371 g/mol. The van der Waals surface area contributed by atoms with E-state index in [9.17, 15) is 0 Å². The van der Waals surface area contributed by atoms with Crippen molar-refractivity contribution in [2.24, 2.45) is 0 Å². The van der Waals surface area contributed by atoms with Gasteiger partial charge < -0.3 is 5.32 Å². The van der Waals surface area contributed by atoms with E-state index < -0.39 is 0 Å². The van der Waals surface area contributed by atoms with Crippen molar-refractivity contribution in [1.29, 1.82) is 0 Å². The molecule has 0 atom stereocenters. The fourth-order valence-corrected chi connectivity index (χ4v) is 3.45. The van der Waals surface area contributed by atoms with Crippen LogP contribution in [0.15, 0.2) is 12.1 Å². The highest BCUT2D eigenvalue weighted by molar-refractivity contribution is 14.1. The Kier molecular flexibility index (Phi) is 2.27. The second kappa shape index (κ2) is 3.08. The largest absolute Gasteiger partial charge is 0.384 e. The summed E-state index contributed by atoms with van der Waals surface area (Å²) in [4.78, 5) is 0. The van der Waals surface area contributed by atoms with Crippen molar-refractivity contribution in [3.63, 3.8) is 0 Å². The van der Waals surface area contributed by atoms with Crippen LogP contribution in [0.5, 0.6) is 0 Å². The Bertz CT molecular complexity index is 296. The molecule has 1 aromatic carbocycles. The van der Waals surface area contributed by atoms with Crippen LogP contribution in [0, 0.1) is 7.14 Å². The molecule has 1 nitrogen and oxygen atoms in total. The third kappa shape index (κ3) is 1.49. The van der Waals surface area contributed by atoms with Gasteiger partial charge in [-0.25, -0.2) is 0 Å². The van der Waals surface area contributed by atoms with Crippen molar-refractivity contribution in [3.8, 4) is 0 Å². The predicted molar refractivity (Wildman–Crippen MR) is 64.1 cm³/mol. The smallest absolute Gasteiger partial charge is 0.0394 e. The minimum Gasteiger partial charge on any atom is -0.384 e. The lowest BCUT2D eigenvalue weighted by Crippen LogP contribution is -1.90. The Morgan fingerprint density at radius 1 is 1.27 bits per heavy atom.